The van der Waals surface area contributed by atoms with Crippen molar-refractivity contribution in [3.63, 3.8) is 0 Å². The number of fused-ring (bicyclic) bond motifs is 1. The highest BCUT2D eigenvalue weighted by Crippen LogP contribution is 2.19. The average Bonchev–Trinajstić information content (AvgIpc) is 3.60. The standard InChI is InChI=1S/C28H30N4O4S/c33-27(31-35)10-9-21-5-7-22(8-6-21)19-32(13-11-24-18-29-26-4-2-1-3-25(24)26)14-15-36-28(34)30-17-23-12-16-37-20-23/h1-10,12,16,18,20,29,35H,11,13-15,17,19H2,(H,30,34)(H,31,33)/b10-9-. The van der Waals surface area contributed by atoms with Crippen LogP contribution in [-0.4, -0.2) is 46.8 Å². The van der Waals surface area contributed by atoms with Crippen molar-refractivity contribution < 1.29 is 19.5 Å². The minimum absolute atomic E-state index is 0.278. The quantitative estimate of drug-likeness (QED) is 0.123. The maximum atomic E-state index is 12.1. The predicted molar refractivity (Wildman–Crippen MR) is 145 cm³/mol. The van der Waals surface area contributed by atoms with Crippen LogP contribution in [0.1, 0.15) is 22.3 Å². The minimum Gasteiger partial charge on any atom is -0.448 e. The van der Waals surface area contributed by atoms with Gasteiger partial charge in [-0.1, -0.05) is 42.5 Å². The zero-order valence-electron chi connectivity index (χ0n) is 20.4. The predicted octanol–water partition coefficient (Wildman–Crippen LogP) is 4.72. The number of thiophene rings is 1. The van der Waals surface area contributed by atoms with Gasteiger partial charge in [0.15, 0.2) is 0 Å². The molecule has 0 aliphatic rings. The molecule has 0 unspecified atom stereocenters. The molecule has 0 spiro atoms. The molecule has 0 saturated heterocycles. The molecular weight excluding hydrogens is 488 g/mol. The van der Waals surface area contributed by atoms with Crippen molar-refractivity contribution in [2.24, 2.45) is 0 Å². The van der Waals surface area contributed by atoms with Gasteiger partial charge in [0.2, 0.25) is 0 Å². The third-order valence-corrected chi connectivity index (χ3v) is 6.69. The molecular formula is C28H30N4O4S. The number of rotatable bonds is 12. The van der Waals surface area contributed by atoms with Gasteiger partial charge >= 0.3 is 6.09 Å². The number of carbonyl (C=O) groups is 2. The second-order valence-corrected chi connectivity index (χ2v) is 9.34. The van der Waals surface area contributed by atoms with Crippen LogP contribution in [0, 0.1) is 0 Å². The van der Waals surface area contributed by atoms with Gasteiger partial charge in [-0.2, -0.15) is 11.3 Å². The highest BCUT2D eigenvalue weighted by atomic mass is 32.1. The SMILES string of the molecule is O=C(/C=C\c1ccc(CN(CCOC(=O)NCc2ccsc2)CCc2c[nH]c3ccccc23)cc1)NO. The number of hydrogen-bond acceptors (Lipinski definition) is 6. The Labute approximate surface area is 219 Å². The number of hydroxylamine groups is 1. The van der Waals surface area contributed by atoms with Gasteiger partial charge in [-0.15, -0.1) is 0 Å². The number of aromatic amines is 1. The van der Waals surface area contributed by atoms with E-state index in [-0.39, 0.29) is 6.61 Å². The molecule has 0 aliphatic heterocycles. The Kier molecular flexibility index (Phi) is 9.47. The molecule has 37 heavy (non-hydrogen) atoms. The maximum Gasteiger partial charge on any atom is 0.407 e. The molecule has 0 atom stereocenters. The highest BCUT2D eigenvalue weighted by Gasteiger charge is 2.11. The third-order valence-electron chi connectivity index (χ3n) is 5.95. The van der Waals surface area contributed by atoms with Crippen molar-refractivity contribution in [2.75, 3.05) is 19.7 Å². The van der Waals surface area contributed by atoms with E-state index in [0.29, 0.717) is 19.6 Å². The van der Waals surface area contributed by atoms with Crippen molar-refractivity contribution in [3.05, 3.63) is 99.9 Å². The molecule has 0 fully saturated rings. The summed E-state index contributed by atoms with van der Waals surface area (Å²) in [7, 11) is 0. The largest absolute Gasteiger partial charge is 0.448 e. The lowest BCUT2D eigenvalue weighted by molar-refractivity contribution is -0.124. The topological polar surface area (TPSA) is 107 Å². The van der Waals surface area contributed by atoms with E-state index >= 15 is 0 Å². The van der Waals surface area contributed by atoms with Crippen LogP contribution >= 0.6 is 11.3 Å². The number of amides is 2. The first-order valence-corrected chi connectivity index (χ1v) is 12.9. The summed E-state index contributed by atoms with van der Waals surface area (Å²) in [6.45, 7) is 2.80. The lowest BCUT2D eigenvalue weighted by Gasteiger charge is -2.22. The molecule has 8 nitrogen and oxygen atoms in total. The Morgan fingerprint density at radius 2 is 1.89 bits per heavy atom. The van der Waals surface area contributed by atoms with Crippen LogP contribution < -0.4 is 10.8 Å². The van der Waals surface area contributed by atoms with Gasteiger partial charge in [-0.3, -0.25) is 14.9 Å². The number of aromatic nitrogens is 1. The fraction of sp³-hybridized carbons (Fsp3) is 0.214. The lowest BCUT2D eigenvalue weighted by atomic mass is 10.1. The summed E-state index contributed by atoms with van der Waals surface area (Å²) in [6, 6.07) is 18.1. The van der Waals surface area contributed by atoms with Crippen molar-refractivity contribution >= 4 is 40.3 Å². The van der Waals surface area contributed by atoms with Gasteiger partial charge in [0.1, 0.15) is 6.61 Å². The van der Waals surface area contributed by atoms with Gasteiger partial charge in [0.25, 0.3) is 5.91 Å². The first kappa shape index (κ1) is 26.2. The Bertz CT molecular complexity index is 1320. The van der Waals surface area contributed by atoms with E-state index in [4.69, 9.17) is 9.94 Å². The summed E-state index contributed by atoms with van der Waals surface area (Å²) >= 11 is 1.59. The molecule has 0 radical (unpaired) electrons. The van der Waals surface area contributed by atoms with Gasteiger partial charge in [0, 0.05) is 49.4 Å². The van der Waals surface area contributed by atoms with Crippen molar-refractivity contribution in [3.8, 4) is 0 Å². The van der Waals surface area contributed by atoms with Crippen LogP contribution in [0.4, 0.5) is 4.79 Å². The molecule has 2 aromatic carbocycles. The Balaban J connectivity index is 1.35. The molecule has 0 bridgehead atoms. The Morgan fingerprint density at radius 1 is 1.05 bits per heavy atom. The number of H-pyrrole nitrogens is 1. The second-order valence-electron chi connectivity index (χ2n) is 8.56. The van der Waals surface area contributed by atoms with E-state index in [9.17, 15) is 9.59 Å². The zero-order chi connectivity index (χ0) is 25.9. The van der Waals surface area contributed by atoms with Crippen LogP contribution in [0.25, 0.3) is 17.0 Å². The summed E-state index contributed by atoms with van der Waals surface area (Å²) in [5.74, 6) is -0.577. The fourth-order valence-electron chi connectivity index (χ4n) is 3.97. The number of hydrogen-bond donors (Lipinski definition) is 4. The summed E-state index contributed by atoms with van der Waals surface area (Å²) in [5.41, 5.74) is 6.95. The normalized spacial score (nSPS) is 11.3. The monoisotopic (exact) mass is 518 g/mol. The average molecular weight is 519 g/mol. The van der Waals surface area contributed by atoms with Crippen LogP contribution in [0.5, 0.6) is 0 Å². The number of benzene rings is 2. The fourth-order valence-corrected chi connectivity index (χ4v) is 4.64. The second kappa shape index (κ2) is 13.4. The van der Waals surface area contributed by atoms with Crippen molar-refractivity contribution in [2.45, 2.75) is 19.5 Å². The van der Waals surface area contributed by atoms with Crippen LogP contribution in [0.15, 0.2) is 77.6 Å². The van der Waals surface area contributed by atoms with Crippen molar-refractivity contribution in [1.29, 1.82) is 0 Å². The summed E-state index contributed by atoms with van der Waals surface area (Å²) in [4.78, 5) is 28.9. The van der Waals surface area contributed by atoms with Gasteiger partial charge < -0.3 is 15.0 Å². The third kappa shape index (κ3) is 8.04. The summed E-state index contributed by atoms with van der Waals surface area (Å²) < 4.78 is 5.44. The van der Waals surface area contributed by atoms with Crippen LogP contribution in [0.3, 0.4) is 0 Å². The lowest BCUT2D eigenvalue weighted by Crippen LogP contribution is -2.32. The molecule has 0 saturated carbocycles. The molecule has 2 aromatic heterocycles. The molecule has 4 N–H and O–H groups in total. The maximum absolute atomic E-state index is 12.1. The van der Waals surface area contributed by atoms with E-state index in [1.165, 1.54) is 17.0 Å². The van der Waals surface area contributed by atoms with Gasteiger partial charge in [-0.25, -0.2) is 10.3 Å². The van der Waals surface area contributed by atoms with Crippen LogP contribution in [-0.2, 0) is 29.0 Å². The molecule has 9 heteroatoms. The van der Waals surface area contributed by atoms with Gasteiger partial charge in [0.05, 0.1) is 0 Å². The number of ether oxygens (including phenoxy) is 1. The zero-order valence-corrected chi connectivity index (χ0v) is 21.2. The first-order valence-electron chi connectivity index (χ1n) is 12.0. The Morgan fingerprint density at radius 3 is 2.68 bits per heavy atom. The molecule has 4 rings (SSSR count). The number of nitrogens with one attached hydrogen (secondary N) is 3. The molecule has 4 aromatic rings. The van der Waals surface area contributed by atoms with E-state index in [2.05, 4.69) is 33.5 Å². The summed E-state index contributed by atoms with van der Waals surface area (Å²) in [6.07, 6.45) is 5.38. The summed E-state index contributed by atoms with van der Waals surface area (Å²) in [5, 5.41) is 16.6. The number of carbonyl (C=O) groups excluding carboxylic acids is 2. The van der Waals surface area contributed by atoms with E-state index in [1.807, 2.05) is 53.2 Å². The minimum atomic E-state index is -0.577. The molecule has 192 valence electrons. The van der Waals surface area contributed by atoms with E-state index < -0.39 is 12.0 Å². The first-order chi connectivity index (χ1) is 18.1. The van der Waals surface area contributed by atoms with E-state index in [0.717, 1.165) is 35.2 Å². The molecule has 2 amide bonds. The smallest absolute Gasteiger partial charge is 0.407 e. The van der Waals surface area contributed by atoms with Crippen LogP contribution in [0.2, 0.25) is 0 Å². The number of nitrogens with zero attached hydrogens (tertiary/aromatic N) is 1. The molecule has 2 heterocycles. The highest BCUT2D eigenvalue weighted by molar-refractivity contribution is 7.07. The van der Waals surface area contributed by atoms with Crippen molar-refractivity contribution in [1.82, 2.24) is 20.7 Å². The van der Waals surface area contributed by atoms with Gasteiger partial charge in [-0.05, 0) is 57.6 Å². The molecule has 0 aliphatic carbocycles. The Hall–Kier alpha value is -3.92. The number of alkyl carbamates (subject to hydrolysis) is 1. The number of para-hydroxylation sites is 1. The van der Waals surface area contributed by atoms with E-state index in [1.54, 1.807) is 22.9 Å².